The van der Waals surface area contributed by atoms with Crippen molar-refractivity contribution in [1.82, 2.24) is 14.6 Å². The number of nitrogens with one attached hydrogen (secondary N) is 1. The second-order valence-electron chi connectivity index (χ2n) is 5.30. The summed E-state index contributed by atoms with van der Waals surface area (Å²) in [6.45, 7) is 1.96. The predicted molar refractivity (Wildman–Crippen MR) is 103 cm³/mol. The lowest BCUT2D eigenvalue weighted by Gasteiger charge is -2.06. The van der Waals surface area contributed by atoms with E-state index in [1.54, 1.807) is 0 Å². The summed E-state index contributed by atoms with van der Waals surface area (Å²) in [7, 11) is 0. The number of hydrogen-bond donors (Lipinski definition) is 1. The van der Waals surface area contributed by atoms with Crippen LogP contribution in [0, 0.1) is 5.82 Å². The number of rotatable bonds is 6. The summed E-state index contributed by atoms with van der Waals surface area (Å²) in [5.41, 5.74) is 0.799. The van der Waals surface area contributed by atoms with E-state index in [1.165, 1.54) is 51.9 Å². The van der Waals surface area contributed by atoms with Gasteiger partial charge in [-0.1, -0.05) is 29.9 Å². The van der Waals surface area contributed by atoms with Crippen LogP contribution in [0.1, 0.15) is 17.6 Å². The second kappa shape index (κ2) is 8.15. The van der Waals surface area contributed by atoms with Crippen LogP contribution < -0.4 is 10.9 Å². The summed E-state index contributed by atoms with van der Waals surface area (Å²) in [5, 5.41) is 7.63. The monoisotopic (exact) mass is 412 g/mol. The van der Waals surface area contributed by atoms with Crippen molar-refractivity contribution in [2.24, 2.45) is 0 Å². The van der Waals surface area contributed by atoms with Crippen molar-refractivity contribution in [2.75, 3.05) is 11.1 Å². The molecule has 2 heterocycles. The van der Waals surface area contributed by atoms with Crippen molar-refractivity contribution in [1.29, 1.82) is 0 Å². The maximum Gasteiger partial charge on any atom is 0.275 e. The first-order valence-electron chi connectivity index (χ1n) is 7.67. The van der Waals surface area contributed by atoms with Crippen molar-refractivity contribution in [3.8, 4) is 0 Å². The number of aromatic nitrogens is 3. The Morgan fingerprint density at radius 1 is 1.42 bits per heavy atom. The summed E-state index contributed by atoms with van der Waals surface area (Å²) < 4.78 is 14.4. The van der Waals surface area contributed by atoms with E-state index in [0.29, 0.717) is 22.1 Å². The smallest absolute Gasteiger partial charge is 0.275 e. The van der Waals surface area contributed by atoms with Gasteiger partial charge in [0.15, 0.2) is 0 Å². The van der Waals surface area contributed by atoms with Crippen molar-refractivity contribution >= 4 is 51.3 Å². The zero-order valence-corrected chi connectivity index (χ0v) is 16.1. The van der Waals surface area contributed by atoms with Gasteiger partial charge < -0.3 is 5.32 Å². The fourth-order valence-electron chi connectivity index (χ4n) is 2.13. The Balaban J connectivity index is 1.58. The van der Waals surface area contributed by atoms with Gasteiger partial charge in [-0.3, -0.25) is 9.59 Å². The van der Waals surface area contributed by atoms with Crippen LogP contribution in [0.4, 0.5) is 10.1 Å². The molecular formula is C16H14ClFN4O2S2. The molecule has 10 heteroatoms. The van der Waals surface area contributed by atoms with E-state index in [0.717, 1.165) is 11.4 Å². The number of halogens is 2. The Morgan fingerprint density at radius 2 is 2.23 bits per heavy atom. The van der Waals surface area contributed by atoms with Gasteiger partial charge in [-0.15, -0.1) is 11.8 Å². The Morgan fingerprint density at radius 3 is 2.96 bits per heavy atom. The molecule has 1 amide bonds. The number of benzene rings is 1. The molecule has 0 unspecified atom stereocenters. The minimum atomic E-state index is -0.541. The lowest BCUT2D eigenvalue weighted by atomic mass is 10.3. The van der Waals surface area contributed by atoms with E-state index in [1.807, 2.05) is 6.92 Å². The standard InChI is InChI=1S/C16H14ClFN4O2S2/c1-2-14-21-22-15(24)6-10(20-16(22)26-14)7-25-8-13(23)19-9-3-4-12(18)11(17)5-9/h3-6H,2,7-8H2,1H3,(H,19,23). The Bertz CT molecular complexity index is 1020. The lowest BCUT2D eigenvalue weighted by Crippen LogP contribution is -2.16. The van der Waals surface area contributed by atoms with Crippen LogP contribution in [0.2, 0.25) is 5.02 Å². The molecule has 0 radical (unpaired) electrons. The Labute approximate surface area is 161 Å². The summed E-state index contributed by atoms with van der Waals surface area (Å²) in [6, 6.07) is 5.41. The number of anilines is 1. The molecule has 3 rings (SSSR count). The number of thioether (sulfide) groups is 1. The SMILES string of the molecule is CCc1nn2c(=O)cc(CSCC(=O)Nc3ccc(F)c(Cl)c3)nc2s1. The minimum absolute atomic E-state index is 0.0514. The summed E-state index contributed by atoms with van der Waals surface area (Å²) in [4.78, 5) is 29.0. The Kier molecular flexibility index (Phi) is 5.90. The number of carbonyl (C=O) groups excluding carboxylic acids is 1. The number of hydrogen-bond acceptors (Lipinski definition) is 6. The van der Waals surface area contributed by atoms with Crippen LogP contribution in [0.5, 0.6) is 0 Å². The average molecular weight is 413 g/mol. The first-order valence-corrected chi connectivity index (χ1v) is 10.0. The van der Waals surface area contributed by atoms with Crippen LogP contribution in [-0.4, -0.2) is 26.3 Å². The highest BCUT2D eigenvalue weighted by Crippen LogP contribution is 2.20. The van der Waals surface area contributed by atoms with Crippen molar-refractivity contribution < 1.29 is 9.18 Å². The minimum Gasteiger partial charge on any atom is -0.325 e. The maximum absolute atomic E-state index is 13.1. The van der Waals surface area contributed by atoms with Gasteiger partial charge in [-0.25, -0.2) is 9.37 Å². The van der Waals surface area contributed by atoms with Gasteiger partial charge in [0, 0.05) is 17.5 Å². The summed E-state index contributed by atoms with van der Waals surface area (Å²) in [6.07, 6.45) is 0.741. The molecule has 0 spiro atoms. The lowest BCUT2D eigenvalue weighted by molar-refractivity contribution is -0.113. The van der Waals surface area contributed by atoms with Crippen molar-refractivity contribution in [3.63, 3.8) is 0 Å². The van der Waals surface area contributed by atoms with Crippen LogP contribution in [0.3, 0.4) is 0 Å². The zero-order valence-electron chi connectivity index (χ0n) is 13.7. The fraction of sp³-hybridized carbons (Fsp3) is 0.250. The molecule has 0 atom stereocenters. The molecule has 0 aliphatic heterocycles. The molecule has 0 bridgehead atoms. The quantitative estimate of drug-likeness (QED) is 0.671. The van der Waals surface area contributed by atoms with Gasteiger partial charge in [0.1, 0.15) is 10.8 Å². The van der Waals surface area contributed by atoms with Crippen LogP contribution in [-0.2, 0) is 17.0 Å². The highest BCUT2D eigenvalue weighted by atomic mass is 35.5. The largest absolute Gasteiger partial charge is 0.325 e. The number of aryl methyl sites for hydroxylation is 1. The van der Waals surface area contributed by atoms with Gasteiger partial charge in [0.25, 0.3) is 5.56 Å². The normalized spacial score (nSPS) is 11.0. The van der Waals surface area contributed by atoms with Crippen molar-refractivity contribution in [3.05, 3.63) is 56.2 Å². The van der Waals surface area contributed by atoms with Crippen molar-refractivity contribution in [2.45, 2.75) is 19.1 Å². The van der Waals surface area contributed by atoms with E-state index >= 15 is 0 Å². The predicted octanol–water partition coefficient (Wildman–Crippen LogP) is 3.38. The first kappa shape index (κ1) is 18.8. The van der Waals surface area contributed by atoms with Gasteiger partial charge >= 0.3 is 0 Å². The molecule has 2 aromatic heterocycles. The number of fused-ring (bicyclic) bond motifs is 1. The first-order chi connectivity index (χ1) is 12.5. The third-order valence-corrected chi connectivity index (χ3v) is 5.64. The molecule has 1 N–H and O–H groups in total. The fourth-order valence-corrected chi connectivity index (χ4v) is 3.89. The zero-order chi connectivity index (χ0) is 18.7. The van der Waals surface area contributed by atoms with Gasteiger partial charge in [0.05, 0.1) is 16.5 Å². The van der Waals surface area contributed by atoms with E-state index in [4.69, 9.17) is 11.6 Å². The molecule has 0 saturated carbocycles. The Hall–Kier alpha value is -1.97. The molecule has 3 aromatic rings. The summed E-state index contributed by atoms with van der Waals surface area (Å²) >= 11 is 8.38. The molecule has 0 fully saturated rings. The third kappa shape index (κ3) is 4.40. The molecular weight excluding hydrogens is 399 g/mol. The second-order valence-corrected chi connectivity index (χ2v) is 7.73. The topological polar surface area (TPSA) is 76.4 Å². The van der Waals surface area contributed by atoms with E-state index in [2.05, 4.69) is 15.4 Å². The molecule has 0 aliphatic rings. The molecule has 136 valence electrons. The van der Waals surface area contributed by atoms with Crippen LogP contribution in [0.25, 0.3) is 4.96 Å². The molecule has 26 heavy (non-hydrogen) atoms. The van der Waals surface area contributed by atoms with Gasteiger partial charge in [-0.05, 0) is 24.6 Å². The number of nitrogens with zero attached hydrogens (tertiary/aromatic N) is 3. The summed E-state index contributed by atoms with van der Waals surface area (Å²) in [5.74, 6) is -0.204. The average Bonchev–Trinajstić information content (AvgIpc) is 3.02. The van der Waals surface area contributed by atoms with Gasteiger partial charge in [-0.2, -0.15) is 9.61 Å². The van der Waals surface area contributed by atoms with E-state index in [-0.39, 0.29) is 22.2 Å². The van der Waals surface area contributed by atoms with Gasteiger partial charge in [0.2, 0.25) is 10.9 Å². The van der Waals surface area contributed by atoms with E-state index < -0.39 is 5.82 Å². The maximum atomic E-state index is 13.1. The number of carbonyl (C=O) groups is 1. The highest BCUT2D eigenvalue weighted by molar-refractivity contribution is 7.99. The molecule has 6 nitrogen and oxygen atoms in total. The molecule has 0 aliphatic carbocycles. The highest BCUT2D eigenvalue weighted by Gasteiger charge is 2.10. The third-order valence-electron chi connectivity index (χ3n) is 3.33. The van der Waals surface area contributed by atoms with Crippen LogP contribution in [0.15, 0.2) is 29.1 Å². The molecule has 0 saturated heterocycles. The molecule has 1 aromatic carbocycles. The number of amides is 1. The van der Waals surface area contributed by atoms with Crippen LogP contribution >= 0.6 is 34.7 Å². The van der Waals surface area contributed by atoms with E-state index in [9.17, 15) is 14.0 Å².